The second kappa shape index (κ2) is 8.04. The topological polar surface area (TPSA) is 89.6 Å². The zero-order valence-corrected chi connectivity index (χ0v) is 21.3. The number of aliphatic imine (C=N–C) groups is 5. The molecule has 9 rings (SSSR count). The van der Waals surface area contributed by atoms with Gasteiger partial charge in [0, 0.05) is 50.6 Å². The van der Waals surface area contributed by atoms with Crippen molar-refractivity contribution in [3.05, 3.63) is 130 Å². The molecule has 1 aromatic heterocycles. The molecule has 4 aromatic carbocycles. The second-order valence-electron chi connectivity index (χ2n) is 10.2. The van der Waals surface area contributed by atoms with Gasteiger partial charge in [-0.25, -0.2) is 25.0 Å². The third kappa shape index (κ3) is 3.09. The summed E-state index contributed by atoms with van der Waals surface area (Å²) in [5, 5.41) is 5.71. The van der Waals surface area contributed by atoms with E-state index in [0.29, 0.717) is 18.1 Å². The number of H-pyrrole nitrogens is 1. The molecule has 4 heterocycles. The number of fused-ring (bicyclic) bond motifs is 18. The highest BCUT2D eigenvalue weighted by Crippen LogP contribution is 2.38. The minimum absolute atomic E-state index is 0.285. The second-order valence-corrected chi connectivity index (χ2v) is 10.2. The predicted octanol–water partition coefficient (Wildman–Crippen LogP) is 6.57. The van der Waals surface area contributed by atoms with Gasteiger partial charge in [-0.2, -0.15) is 0 Å². The Morgan fingerprint density at radius 1 is 0.525 bits per heavy atom. The number of hydrogen-bond acceptors (Lipinski definition) is 6. The first kappa shape index (κ1) is 21.5. The Bertz CT molecular complexity index is 2070. The van der Waals surface area contributed by atoms with Crippen molar-refractivity contribution < 1.29 is 0 Å². The van der Waals surface area contributed by atoms with Gasteiger partial charge >= 0.3 is 0 Å². The fourth-order valence-electron chi connectivity index (χ4n) is 6.06. The summed E-state index contributed by atoms with van der Waals surface area (Å²) in [6, 6.07) is 33.0. The van der Waals surface area contributed by atoms with Gasteiger partial charge in [-0.15, -0.1) is 0 Å². The molecule has 5 aromatic rings. The van der Waals surface area contributed by atoms with E-state index in [4.69, 9.17) is 25.0 Å². The quantitative estimate of drug-likeness (QED) is 0.240. The van der Waals surface area contributed by atoms with E-state index in [1.54, 1.807) is 0 Å². The molecule has 7 nitrogen and oxygen atoms in total. The molecule has 1 atom stereocenters. The first-order valence-electron chi connectivity index (χ1n) is 13.4. The molecule has 0 saturated carbocycles. The summed E-state index contributed by atoms with van der Waals surface area (Å²) >= 11 is 0. The van der Waals surface area contributed by atoms with Crippen molar-refractivity contribution in [1.29, 1.82) is 0 Å². The molecular formula is C33H21N7. The monoisotopic (exact) mass is 515 g/mol. The maximum atomic E-state index is 5.17. The van der Waals surface area contributed by atoms with Crippen LogP contribution in [-0.4, -0.2) is 33.9 Å². The van der Waals surface area contributed by atoms with Gasteiger partial charge in [-0.3, -0.25) is 0 Å². The fourth-order valence-corrected chi connectivity index (χ4v) is 6.06. The number of anilines is 1. The van der Waals surface area contributed by atoms with Crippen LogP contribution in [0, 0.1) is 0 Å². The molecule has 0 fully saturated rings. The van der Waals surface area contributed by atoms with Crippen LogP contribution in [0.25, 0.3) is 10.8 Å². The molecule has 1 aliphatic carbocycles. The molecule has 0 amide bonds. The van der Waals surface area contributed by atoms with Crippen molar-refractivity contribution in [3.8, 4) is 0 Å². The molecule has 0 spiro atoms. The summed E-state index contributed by atoms with van der Waals surface area (Å²) in [5.41, 5.74) is 8.16. The van der Waals surface area contributed by atoms with E-state index in [2.05, 4.69) is 64.9 Å². The van der Waals surface area contributed by atoms with Crippen LogP contribution in [-0.2, 0) is 0 Å². The van der Waals surface area contributed by atoms with Crippen LogP contribution in [0.1, 0.15) is 46.0 Å². The summed E-state index contributed by atoms with van der Waals surface area (Å²) in [6.07, 6.45) is 0.321. The van der Waals surface area contributed by atoms with E-state index in [-0.39, 0.29) is 6.17 Å². The highest BCUT2D eigenvalue weighted by Gasteiger charge is 2.31. The van der Waals surface area contributed by atoms with E-state index >= 15 is 0 Å². The van der Waals surface area contributed by atoms with Crippen molar-refractivity contribution in [3.63, 3.8) is 0 Å². The lowest BCUT2D eigenvalue weighted by atomic mass is 10.1. The van der Waals surface area contributed by atoms with Crippen LogP contribution < -0.4 is 5.32 Å². The third-order valence-electron chi connectivity index (χ3n) is 7.93. The molecule has 188 valence electrons. The van der Waals surface area contributed by atoms with Gasteiger partial charge in [0.05, 0.1) is 11.4 Å². The summed E-state index contributed by atoms with van der Waals surface area (Å²) in [7, 11) is 0. The molecule has 40 heavy (non-hydrogen) atoms. The number of aromatic nitrogens is 1. The summed E-state index contributed by atoms with van der Waals surface area (Å²) in [6.45, 7) is 0. The molecule has 3 aliphatic heterocycles. The van der Waals surface area contributed by atoms with Crippen molar-refractivity contribution in [2.75, 3.05) is 5.32 Å². The number of nitrogens with zero attached hydrogens (tertiary/aromatic N) is 5. The number of hydrogen-bond donors (Lipinski definition) is 2. The Morgan fingerprint density at radius 2 is 1.10 bits per heavy atom. The zero-order valence-electron chi connectivity index (χ0n) is 21.3. The molecule has 1 unspecified atom stereocenters. The highest BCUT2D eigenvalue weighted by atomic mass is 15.2. The maximum absolute atomic E-state index is 5.17. The van der Waals surface area contributed by atoms with E-state index in [1.807, 2.05) is 42.5 Å². The Kier molecular flexibility index (Phi) is 4.32. The van der Waals surface area contributed by atoms with Crippen molar-refractivity contribution in [1.82, 2.24) is 4.98 Å². The highest BCUT2D eigenvalue weighted by molar-refractivity contribution is 6.34. The minimum Gasteiger partial charge on any atom is -0.346 e. The van der Waals surface area contributed by atoms with E-state index < -0.39 is 0 Å². The number of benzene rings is 4. The van der Waals surface area contributed by atoms with E-state index in [1.165, 1.54) is 0 Å². The Morgan fingerprint density at radius 3 is 1.85 bits per heavy atom. The number of nitrogens with one attached hydrogen (secondary N) is 2. The van der Waals surface area contributed by atoms with Crippen molar-refractivity contribution in [2.24, 2.45) is 25.0 Å². The summed E-state index contributed by atoms with van der Waals surface area (Å²) in [4.78, 5) is 29.0. The average molecular weight is 516 g/mol. The Balaban J connectivity index is 1.34. The Labute approximate surface area is 229 Å². The first-order valence-corrected chi connectivity index (χ1v) is 13.4. The number of amidine groups is 3. The smallest absolute Gasteiger partial charge is 0.164 e. The Hall–Kier alpha value is -5.43. The van der Waals surface area contributed by atoms with Gasteiger partial charge in [-0.1, -0.05) is 97.1 Å². The normalized spacial score (nSPS) is 19.4. The molecular weight excluding hydrogens is 494 g/mol. The zero-order chi connectivity index (χ0) is 26.2. The summed E-state index contributed by atoms with van der Waals surface area (Å²) in [5.74, 6) is 3.65. The van der Waals surface area contributed by atoms with Crippen LogP contribution in [0.5, 0.6) is 0 Å². The number of aromatic amines is 1. The van der Waals surface area contributed by atoms with Crippen molar-refractivity contribution >= 4 is 51.3 Å². The van der Waals surface area contributed by atoms with Crippen LogP contribution in [0.3, 0.4) is 0 Å². The largest absolute Gasteiger partial charge is 0.346 e. The average Bonchev–Trinajstić information content (AvgIpc) is 3.73. The predicted molar refractivity (Wildman–Crippen MR) is 161 cm³/mol. The molecule has 7 heteroatoms. The van der Waals surface area contributed by atoms with Crippen molar-refractivity contribution in [2.45, 2.75) is 12.6 Å². The van der Waals surface area contributed by atoms with Crippen LogP contribution >= 0.6 is 0 Å². The molecule has 4 aliphatic rings. The fraction of sp³-hybridized carbons (Fsp3) is 0.0606. The lowest BCUT2D eigenvalue weighted by Crippen LogP contribution is -2.06. The van der Waals surface area contributed by atoms with Gasteiger partial charge in [0.25, 0.3) is 0 Å². The van der Waals surface area contributed by atoms with E-state index in [9.17, 15) is 0 Å². The SMILES string of the molecule is c1ccc2c(c1)C1=NC3=N/C(=N\c4[nH]c(c5ccccc45)NC4N=C(N=C2C1)c1ccccc14)c1ccccc13. The van der Waals surface area contributed by atoms with Gasteiger partial charge in [0.1, 0.15) is 17.8 Å². The van der Waals surface area contributed by atoms with Crippen LogP contribution in [0.4, 0.5) is 11.6 Å². The number of rotatable bonds is 0. The lowest BCUT2D eigenvalue weighted by molar-refractivity contribution is 0.854. The summed E-state index contributed by atoms with van der Waals surface area (Å²) < 4.78 is 0. The maximum Gasteiger partial charge on any atom is 0.164 e. The van der Waals surface area contributed by atoms with E-state index in [0.717, 1.165) is 73.0 Å². The standard InChI is InChI=1S/C33H21N7/c1-2-10-19-18(9-1)26-17-27(19)35-29-21-12-4-6-14-23(21)31(37-29)39-33-25-16-8-7-15-24(25)32(40-33)38-30-22-13-5-3-11-20(22)28(34-26)36-30/h1-16,30,38,40H,17H2/b34-26?,35-27?,39-31-. The van der Waals surface area contributed by atoms with Crippen LogP contribution in [0.2, 0.25) is 0 Å². The van der Waals surface area contributed by atoms with Gasteiger partial charge in [0.15, 0.2) is 17.5 Å². The van der Waals surface area contributed by atoms with Gasteiger partial charge < -0.3 is 10.3 Å². The first-order chi connectivity index (χ1) is 19.8. The molecule has 0 radical (unpaired) electrons. The van der Waals surface area contributed by atoms with Gasteiger partial charge in [0.2, 0.25) is 0 Å². The third-order valence-corrected chi connectivity index (χ3v) is 7.93. The lowest BCUT2D eigenvalue weighted by Gasteiger charge is -2.12. The van der Waals surface area contributed by atoms with Gasteiger partial charge in [-0.05, 0) is 0 Å². The molecule has 8 bridgehead atoms. The minimum atomic E-state index is -0.285. The molecule has 2 N–H and O–H groups in total. The van der Waals surface area contributed by atoms with Crippen LogP contribution in [0.15, 0.2) is 122 Å². The molecule has 0 saturated heterocycles.